The van der Waals surface area contributed by atoms with Gasteiger partial charge < -0.3 is 0 Å². The number of hydrogen-bond donors (Lipinski definition) is 0. The summed E-state index contributed by atoms with van der Waals surface area (Å²) in [4.78, 5) is 0. The van der Waals surface area contributed by atoms with Crippen LogP contribution in [0.25, 0.3) is 33.7 Å². The molecule has 0 amide bonds. The summed E-state index contributed by atoms with van der Waals surface area (Å²) in [5.74, 6) is 0. The fraction of sp³-hybridized carbons (Fsp3) is 0.182. The maximum Gasteiger partial charge on any atom is -0.0171 e. The number of hydrogen-bond acceptors (Lipinski definition) is 0. The molecule has 114 valence electrons. The van der Waals surface area contributed by atoms with Crippen LogP contribution in [0, 0.1) is 0 Å². The molecule has 0 fully saturated rings. The van der Waals surface area contributed by atoms with Gasteiger partial charge in [0.05, 0.1) is 0 Å². The van der Waals surface area contributed by atoms with Crippen LogP contribution in [0.5, 0.6) is 0 Å². The zero-order valence-electron chi connectivity index (χ0n) is 14.2. The highest BCUT2D eigenvalue weighted by atomic mass is 14.1. The van der Waals surface area contributed by atoms with E-state index >= 15 is 0 Å². The summed E-state index contributed by atoms with van der Waals surface area (Å²) in [5, 5.41) is 5.03. The van der Waals surface area contributed by atoms with Crippen LogP contribution in [0.1, 0.15) is 38.8 Å². The molecule has 0 spiro atoms. The Morgan fingerprint density at radius 2 is 0.955 bits per heavy atom. The Balaban J connectivity index is 0.000000561. The molecule has 3 aromatic rings. The number of fused-ring (bicyclic) bond motifs is 2. The summed E-state index contributed by atoms with van der Waals surface area (Å²) in [6.45, 7) is 15.7. The highest BCUT2D eigenvalue weighted by Gasteiger charge is 2.02. The molecule has 0 N–H and O–H groups in total. The molecule has 0 aliphatic carbocycles. The third-order valence-corrected chi connectivity index (χ3v) is 3.35. The lowest BCUT2D eigenvalue weighted by atomic mass is 9.98. The van der Waals surface area contributed by atoms with E-state index < -0.39 is 0 Å². The highest BCUT2D eigenvalue weighted by Crippen LogP contribution is 2.26. The minimum Gasteiger partial charge on any atom is -0.0984 e. The van der Waals surface area contributed by atoms with Gasteiger partial charge in [0, 0.05) is 0 Å². The predicted octanol–water partition coefficient (Wildman–Crippen LogP) is 7.33. The molecule has 3 aromatic carbocycles. The molecule has 3 rings (SSSR count). The van der Waals surface area contributed by atoms with E-state index in [1.165, 1.54) is 21.5 Å². The van der Waals surface area contributed by atoms with Crippen molar-refractivity contribution in [1.29, 1.82) is 0 Å². The average molecular weight is 290 g/mol. The first kappa shape index (κ1) is 17.7. The van der Waals surface area contributed by atoms with E-state index in [0.29, 0.717) is 0 Å². The predicted molar refractivity (Wildman–Crippen MR) is 104 cm³/mol. The maximum absolute atomic E-state index is 3.86. The van der Waals surface area contributed by atoms with Crippen LogP contribution in [0.15, 0.2) is 61.7 Å². The third kappa shape index (κ3) is 3.65. The first-order valence-corrected chi connectivity index (χ1v) is 8.03. The average Bonchev–Trinajstić information content (AvgIpc) is 2.62. The molecular weight excluding hydrogens is 264 g/mol. The standard InChI is InChI=1S/C18H14.2C2H6/c1-3-13-9-17-11-15-7-5-6-8-16(15)12-18(17)10-14(13)4-2;2*1-2/h3-12H,1-2H2;2*1-2H3. The lowest BCUT2D eigenvalue weighted by Gasteiger charge is -2.07. The second kappa shape index (κ2) is 8.84. The summed E-state index contributed by atoms with van der Waals surface area (Å²) in [7, 11) is 0. The first-order chi connectivity index (χ1) is 10.8. The number of rotatable bonds is 2. The summed E-state index contributed by atoms with van der Waals surface area (Å²) in [6.07, 6.45) is 3.76. The van der Waals surface area contributed by atoms with Gasteiger partial charge in [-0.15, -0.1) is 0 Å². The minimum atomic E-state index is 1.13. The van der Waals surface area contributed by atoms with Crippen LogP contribution in [0.2, 0.25) is 0 Å². The van der Waals surface area contributed by atoms with Gasteiger partial charge in [-0.05, 0) is 56.9 Å². The van der Waals surface area contributed by atoms with Crippen molar-refractivity contribution >= 4 is 33.7 Å². The van der Waals surface area contributed by atoms with Gasteiger partial charge in [-0.2, -0.15) is 0 Å². The molecule has 0 unspecified atom stereocenters. The number of benzene rings is 3. The van der Waals surface area contributed by atoms with Crippen LogP contribution in [0.3, 0.4) is 0 Å². The summed E-state index contributed by atoms with van der Waals surface area (Å²) in [5.41, 5.74) is 2.26. The fourth-order valence-electron chi connectivity index (χ4n) is 2.38. The monoisotopic (exact) mass is 290 g/mol. The Hall–Kier alpha value is -2.34. The SMILES string of the molecule is C=Cc1cc2cc3ccccc3cc2cc1C=C.CC.CC. The van der Waals surface area contributed by atoms with E-state index in [9.17, 15) is 0 Å². The molecule has 0 radical (unpaired) electrons. The molecule has 0 aliphatic heterocycles. The van der Waals surface area contributed by atoms with Gasteiger partial charge >= 0.3 is 0 Å². The molecule has 0 bridgehead atoms. The lowest BCUT2D eigenvalue weighted by Crippen LogP contribution is -1.83. The van der Waals surface area contributed by atoms with Crippen molar-refractivity contribution in [2.75, 3.05) is 0 Å². The molecule has 0 aliphatic rings. The van der Waals surface area contributed by atoms with Crippen LogP contribution in [-0.2, 0) is 0 Å². The topological polar surface area (TPSA) is 0 Å². The molecule has 0 saturated heterocycles. The van der Waals surface area contributed by atoms with Gasteiger partial charge in [0.15, 0.2) is 0 Å². The Morgan fingerprint density at radius 3 is 1.27 bits per heavy atom. The van der Waals surface area contributed by atoms with Crippen LogP contribution in [-0.4, -0.2) is 0 Å². The summed E-state index contributed by atoms with van der Waals surface area (Å²) in [6, 6.07) is 17.2. The fourth-order valence-corrected chi connectivity index (χ4v) is 2.38. The Kier molecular flexibility index (Phi) is 7.12. The van der Waals surface area contributed by atoms with Crippen molar-refractivity contribution in [1.82, 2.24) is 0 Å². The van der Waals surface area contributed by atoms with E-state index in [2.05, 4.69) is 61.7 Å². The quantitative estimate of drug-likeness (QED) is 0.433. The van der Waals surface area contributed by atoms with E-state index in [4.69, 9.17) is 0 Å². The minimum absolute atomic E-state index is 1.13. The van der Waals surface area contributed by atoms with Gasteiger partial charge in [0.1, 0.15) is 0 Å². The van der Waals surface area contributed by atoms with Gasteiger partial charge in [-0.25, -0.2) is 0 Å². The summed E-state index contributed by atoms with van der Waals surface area (Å²) >= 11 is 0. The maximum atomic E-state index is 3.86. The van der Waals surface area contributed by atoms with E-state index in [1.54, 1.807) is 0 Å². The first-order valence-electron chi connectivity index (χ1n) is 8.03. The van der Waals surface area contributed by atoms with Gasteiger partial charge in [0.25, 0.3) is 0 Å². The second-order valence-corrected chi connectivity index (χ2v) is 4.44. The summed E-state index contributed by atoms with van der Waals surface area (Å²) < 4.78 is 0. The normalized spacial score (nSPS) is 9.27. The third-order valence-electron chi connectivity index (χ3n) is 3.35. The Labute approximate surface area is 134 Å². The van der Waals surface area contributed by atoms with Gasteiger partial charge in [-0.3, -0.25) is 0 Å². The van der Waals surface area contributed by atoms with Crippen molar-refractivity contribution in [3.05, 3.63) is 72.8 Å². The van der Waals surface area contributed by atoms with Crippen molar-refractivity contribution in [3.63, 3.8) is 0 Å². The van der Waals surface area contributed by atoms with Crippen molar-refractivity contribution in [2.45, 2.75) is 27.7 Å². The van der Waals surface area contributed by atoms with Crippen LogP contribution < -0.4 is 0 Å². The van der Waals surface area contributed by atoms with Crippen LogP contribution in [0.4, 0.5) is 0 Å². The zero-order chi connectivity index (χ0) is 16.5. The van der Waals surface area contributed by atoms with Gasteiger partial charge in [0.2, 0.25) is 0 Å². The van der Waals surface area contributed by atoms with Gasteiger partial charge in [-0.1, -0.05) is 77.3 Å². The Morgan fingerprint density at radius 1 is 0.591 bits per heavy atom. The van der Waals surface area contributed by atoms with E-state index in [0.717, 1.165) is 11.1 Å². The molecule has 0 heterocycles. The highest BCUT2D eigenvalue weighted by molar-refractivity contribution is 6.00. The van der Waals surface area contributed by atoms with Crippen molar-refractivity contribution in [3.8, 4) is 0 Å². The Bertz CT molecular complexity index is 697. The molecular formula is C22H26. The molecule has 0 atom stereocenters. The molecule has 0 saturated carbocycles. The zero-order valence-corrected chi connectivity index (χ0v) is 14.2. The van der Waals surface area contributed by atoms with E-state index in [1.807, 2.05) is 39.8 Å². The molecule has 0 heteroatoms. The smallest absolute Gasteiger partial charge is 0.0171 e. The van der Waals surface area contributed by atoms with Crippen molar-refractivity contribution < 1.29 is 0 Å². The van der Waals surface area contributed by atoms with E-state index in [-0.39, 0.29) is 0 Å². The second-order valence-electron chi connectivity index (χ2n) is 4.44. The largest absolute Gasteiger partial charge is 0.0984 e. The molecule has 0 aromatic heterocycles. The lowest BCUT2D eigenvalue weighted by molar-refractivity contribution is 1.50. The molecule has 0 nitrogen and oxygen atoms in total. The van der Waals surface area contributed by atoms with Crippen molar-refractivity contribution in [2.24, 2.45) is 0 Å². The molecule has 22 heavy (non-hydrogen) atoms. The van der Waals surface area contributed by atoms with Crippen LogP contribution >= 0.6 is 0 Å².